The van der Waals surface area contributed by atoms with Gasteiger partial charge in [-0.25, -0.2) is 0 Å². The zero-order valence-corrected chi connectivity index (χ0v) is 9.82. The molecule has 0 bridgehead atoms. The van der Waals surface area contributed by atoms with Crippen LogP contribution in [0.4, 0.5) is 0 Å². The summed E-state index contributed by atoms with van der Waals surface area (Å²) in [5, 5.41) is 45.9. The molecule has 0 aromatic carbocycles. The minimum absolute atomic E-state index is 0. The predicted molar refractivity (Wildman–Crippen MR) is 61.3 cm³/mol. The summed E-state index contributed by atoms with van der Waals surface area (Å²) in [6, 6.07) is 0. The molecule has 2 atom stereocenters. The highest BCUT2D eigenvalue weighted by molar-refractivity contribution is 5.72. The maximum atomic E-state index is 10.5. The largest absolute Gasteiger partial charge is 0.481 e. The van der Waals surface area contributed by atoms with Crippen molar-refractivity contribution in [1.82, 2.24) is 6.15 Å². The summed E-state index contributed by atoms with van der Waals surface area (Å²) >= 11 is 0. The molecule has 8 heteroatoms. The molecule has 0 heterocycles. The van der Waals surface area contributed by atoms with Crippen LogP contribution in [0.1, 0.15) is 19.3 Å². The molecule has 0 spiro atoms. The van der Waals surface area contributed by atoms with Gasteiger partial charge in [-0.3, -0.25) is 9.59 Å². The second kappa shape index (κ2) is 7.77. The van der Waals surface area contributed by atoms with E-state index >= 15 is 0 Å². The van der Waals surface area contributed by atoms with E-state index < -0.39 is 42.6 Å². The fourth-order valence-electron chi connectivity index (χ4n) is 1.45. The number of carboxylic acids is 2. The highest BCUT2D eigenvalue weighted by Gasteiger charge is 2.43. The Labute approximate surface area is 104 Å². The lowest BCUT2D eigenvalue weighted by atomic mass is 9.85. The summed E-state index contributed by atoms with van der Waals surface area (Å²) in [6.07, 6.45) is -4.15. The summed E-state index contributed by atoms with van der Waals surface area (Å²) in [5.41, 5.74) is -2.42. The Kier molecular flexibility index (Phi) is 8.15. The molecule has 0 aliphatic carbocycles. The van der Waals surface area contributed by atoms with Crippen molar-refractivity contribution in [2.75, 3.05) is 0 Å². The molecule has 2 unspecified atom stereocenters. The Hall–Kier alpha value is -1.48. The van der Waals surface area contributed by atoms with Crippen LogP contribution < -0.4 is 6.15 Å². The fraction of sp³-hybridized carbons (Fsp3) is 0.600. The smallest absolute Gasteiger partial charge is 0.306 e. The average Bonchev–Trinajstić information content (AvgIpc) is 2.14. The van der Waals surface area contributed by atoms with E-state index in [0.29, 0.717) is 0 Å². The minimum Gasteiger partial charge on any atom is -0.481 e. The van der Waals surface area contributed by atoms with E-state index in [4.69, 9.17) is 10.2 Å². The van der Waals surface area contributed by atoms with Gasteiger partial charge >= 0.3 is 11.9 Å². The minimum atomic E-state index is -2.42. The molecule has 106 valence electrons. The van der Waals surface area contributed by atoms with E-state index in [0.717, 1.165) is 0 Å². The first kappa shape index (κ1) is 18.9. The Morgan fingerprint density at radius 1 is 1.17 bits per heavy atom. The lowest BCUT2D eigenvalue weighted by Gasteiger charge is -2.32. The highest BCUT2D eigenvalue weighted by Crippen LogP contribution is 2.24. The van der Waals surface area contributed by atoms with Gasteiger partial charge in [0.15, 0.2) is 0 Å². The predicted octanol–water partition coefficient (Wildman–Crippen LogP) is -0.873. The number of rotatable bonds is 8. The molecule has 0 aromatic rings. The number of aliphatic carboxylic acids is 2. The Morgan fingerprint density at radius 3 is 1.83 bits per heavy atom. The van der Waals surface area contributed by atoms with Crippen molar-refractivity contribution >= 4 is 11.9 Å². The van der Waals surface area contributed by atoms with E-state index in [1.54, 1.807) is 0 Å². The molecule has 0 aliphatic heterocycles. The molecule has 8 nitrogen and oxygen atoms in total. The van der Waals surface area contributed by atoms with Gasteiger partial charge in [0.1, 0.15) is 11.7 Å². The van der Waals surface area contributed by atoms with Gasteiger partial charge in [0.2, 0.25) is 0 Å². The molecule has 0 fully saturated rings. The van der Waals surface area contributed by atoms with E-state index in [9.17, 15) is 24.9 Å². The molecule has 18 heavy (non-hydrogen) atoms. The molecule has 0 rings (SSSR count). The first-order valence-corrected chi connectivity index (χ1v) is 4.86. The van der Waals surface area contributed by atoms with Gasteiger partial charge in [-0.15, -0.1) is 6.58 Å². The summed E-state index contributed by atoms with van der Waals surface area (Å²) < 4.78 is 0. The average molecular weight is 265 g/mol. The normalized spacial score (nSPS) is 14.2. The number of carboxylic acid groups (broad SMARTS) is 2. The van der Waals surface area contributed by atoms with Crippen molar-refractivity contribution in [1.29, 1.82) is 0 Å². The van der Waals surface area contributed by atoms with Crippen LogP contribution in [0.2, 0.25) is 0 Å². The standard InChI is InChI=1S/C10H16O7.H3N/c1-2-3-6(11)9(16)10(17,4-7(12)13)5-8(14)15;/h2,6,9,11,16-17H,1,3-5H2,(H,12,13)(H,14,15);1H3. The van der Waals surface area contributed by atoms with Crippen molar-refractivity contribution in [3.05, 3.63) is 12.7 Å². The maximum Gasteiger partial charge on any atom is 0.306 e. The van der Waals surface area contributed by atoms with Crippen molar-refractivity contribution in [3.63, 3.8) is 0 Å². The molecular weight excluding hydrogens is 246 g/mol. The summed E-state index contributed by atoms with van der Waals surface area (Å²) in [5.74, 6) is -2.95. The van der Waals surface area contributed by atoms with Crippen molar-refractivity contribution in [2.45, 2.75) is 37.1 Å². The summed E-state index contributed by atoms with van der Waals surface area (Å²) in [7, 11) is 0. The monoisotopic (exact) mass is 265 g/mol. The van der Waals surface area contributed by atoms with Crippen LogP contribution in [-0.2, 0) is 9.59 Å². The van der Waals surface area contributed by atoms with Crippen LogP contribution in [0.15, 0.2) is 12.7 Å². The van der Waals surface area contributed by atoms with Gasteiger partial charge in [-0.1, -0.05) is 6.08 Å². The quantitative estimate of drug-likeness (QED) is 0.307. The number of carbonyl (C=O) groups is 2. The molecule has 0 aromatic heterocycles. The van der Waals surface area contributed by atoms with Gasteiger partial charge in [0, 0.05) is 0 Å². The lowest BCUT2D eigenvalue weighted by molar-refractivity contribution is -0.168. The zero-order chi connectivity index (χ0) is 13.6. The van der Waals surface area contributed by atoms with Gasteiger partial charge < -0.3 is 31.7 Å². The van der Waals surface area contributed by atoms with E-state index in [-0.39, 0.29) is 12.6 Å². The third-order valence-electron chi connectivity index (χ3n) is 2.24. The van der Waals surface area contributed by atoms with Gasteiger partial charge in [-0.05, 0) is 6.42 Å². The Morgan fingerprint density at radius 2 is 1.56 bits per heavy atom. The first-order chi connectivity index (χ1) is 7.73. The first-order valence-electron chi connectivity index (χ1n) is 4.86. The van der Waals surface area contributed by atoms with E-state index in [2.05, 4.69) is 6.58 Å². The molecule has 0 amide bonds. The molecule has 0 saturated heterocycles. The maximum absolute atomic E-state index is 10.5. The second-order valence-corrected chi connectivity index (χ2v) is 3.78. The van der Waals surface area contributed by atoms with E-state index in [1.165, 1.54) is 6.08 Å². The Balaban J connectivity index is 0. The number of aliphatic hydroxyl groups is 3. The van der Waals surface area contributed by atoms with Crippen LogP contribution in [-0.4, -0.2) is 55.3 Å². The van der Waals surface area contributed by atoms with Crippen LogP contribution in [0.25, 0.3) is 0 Å². The molecule has 0 aliphatic rings. The summed E-state index contributed by atoms with van der Waals surface area (Å²) in [6.45, 7) is 3.30. The molecule has 0 radical (unpaired) electrons. The number of aliphatic hydroxyl groups excluding tert-OH is 2. The van der Waals surface area contributed by atoms with Crippen molar-refractivity contribution in [3.8, 4) is 0 Å². The van der Waals surface area contributed by atoms with Gasteiger partial charge in [0.25, 0.3) is 0 Å². The number of hydrogen-bond acceptors (Lipinski definition) is 6. The SMILES string of the molecule is C=CCC(O)C(O)C(O)(CC(=O)O)CC(=O)O.N. The van der Waals surface area contributed by atoms with Gasteiger partial charge in [-0.2, -0.15) is 0 Å². The molecule has 0 saturated carbocycles. The van der Waals surface area contributed by atoms with Crippen LogP contribution >= 0.6 is 0 Å². The third-order valence-corrected chi connectivity index (χ3v) is 2.24. The van der Waals surface area contributed by atoms with Crippen LogP contribution in [0.3, 0.4) is 0 Å². The molecule has 8 N–H and O–H groups in total. The fourth-order valence-corrected chi connectivity index (χ4v) is 1.45. The van der Waals surface area contributed by atoms with E-state index in [1.807, 2.05) is 0 Å². The third kappa shape index (κ3) is 5.73. The molecular formula is C10H19NO7. The highest BCUT2D eigenvalue weighted by atomic mass is 16.4. The Bertz CT molecular complexity index is 289. The summed E-state index contributed by atoms with van der Waals surface area (Å²) in [4.78, 5) is 21.0. The van der Waals surface area contributed by atoms with Crippen molar-refractivity contribution < 1.29 is 35.1 Å². The topological polar surface area (TPSA) is 170 Å². The van der Waals surface area contributed by atoms with Crippen LogP contribution in [0.5, 0.6) is 0 Å². The lowest BCUT2D eigenvalue weighted by Crippen LogP contribution is -2.51. The van der Waals surface area contributed by atoms with Gasteiger partial charge in [0.05, 0.1) is 18.9 Å². The second-order valence-electron chi connectivity index (χ2n) is 3.78. The van der Waals surface area contributed by atoms with Crippen LogP contribution in [0, 0.1) is 0 Å². The zero-order valence-electron chi connectivity index (χ0n) is 9.82. The van der Waals surface area contributed by atoms with Crippen molar-refractivity contribution in [2.24, 2.45) is 0 Å². The number of hydrogen-bond donors (Lipinski definition) is 6.